The summed E-state index contributed by atoms with van der Waals surface area (Å²) in [5.41, 5.74) is 2.53. The summed E-state index contributed by atoms with van der Waals surface area (Å²) in [5.74, 6) is -0.0186. The number of hydrogen-bond acceptors (Lipinski definition) is 4. The van der Waals surface area contributed by atoms with Crippen LogP contribution in [0.4, 0.5) is 11.4 Å². The molecule has 0 radical (unpaired) electrons. The maximum absolute atomic E-state index is 12.9. The largest absolute Gasteiger partial charge is 0.343 e. The molecule has 0 aromatic heterocycles. The molecule has 3 amide bonds. The molecule has 2 heterocycles. The Hall–Kier alpha value is -3.19. The minimum absolute atomic E-state index is 0.0234. The van der Waals surface area contributed by atoms with Crippen LogP contribution >= 0.6 is 0 Å². The van der Waals surface area contributed by atoms with Crippen LogP contribution in [-0.4, -0.2) is 60.2 Å². The zero-order chi connectivity index (χ0) is 25.2. The Labute approximate surface area is 214 Å². The molecule has 0 aliphatic carbocycles. The summed E-state index contributed by atoms with van der Waals surface area (Å²) in [7, 11) is 0. The van der Waals surface area contributed by atoms with Crippen LogP contribution in [0.25, 0.3) is 0 Å². The fraction of sp³-hybridized carbons (Fsp3) is 0.483. The van der Waals surface area contributed by atoms with Gasteiger partial charge >= 0.3 is 0 Å². The number of rotatable bonds is 8. The molecule has 2 saturated heterocycles. The third kappa shape index (κ3) is 7.92. The van der Waals surface area contributed by atoms with E-state index in [1.807, 2.05) is 53.4 Å². The van der Waals surface area contributed by atoms with E-state index in [9.17, 15) is 14.4 Å². The topological polar surface area (TPSA) is 81.8 Å². The molecule has 2 aromatic rings. The average Bonchev–Trinajstić information content (AvgIpc) is 3.16. The van der Waals surface area contributed by atoms with Gasteiger partial charge in [-0.05, 0) is 69.0 Å². The summed E-state index contributed by atoms with van der Waals surface area (Å²) in [6.07, 6.45) is 7.34. The normalized spacial score (nSPS) is 17.3. The number of amides is 3. The monoisotopic (exact) mass is 490 g/mol. The number of hydrogen-bond donors (Lipinski definition) is 2. The van der Waals surface area contributed by atoms with Crippen molar-refractivity contribution in [2.24, 2.45) is 5.92 Å². The SMILES string of the molecule is O=C(CN1CCCCCC1)Nc1cccc(NC(=O)C2CCN(C(=O)CCc3ccccc3)CC2)c1. The average molecular weight is 491 g/mol. The van der Waals surface area contributed by atoms with E-state index in [-0.39, 0.29) is 23.6 Å². The predicted octanol–water partition coefficient (Wildman–Crippen LogP) is 4.31. The van der Waals surface area contributed by atoms with Gasteiger partial charge in [0.15, 0.2) is 0 Å². The van der Waals surface area contributed by atoms with Crippen LogP contribution in [0.3, 0.4) is 0 Å². The zero-order valence-electron chi connectivity index (χ0n) is 21.1. The number of likely N-dealkylation sites (tertiary alicyclic amines) is 2. The molecule has 2 aromatic carbocycles. The van der Waals surface area contributed by atoms with Gasteiger partial charge in [-0.2, -0.15) is 0 Å². The number of benzene rings is 2. The molecule has 7 nitrogen and oxygen atoms in total. The summed E-state index contributed by atoms with van der Waals surface area (Å²) >= 11 is 0. The van der Waals surface area contributed by atoms with Crippen molar-refractivity contribution in [3.63, 3.8) is 0 Å². The molecular weight excluding hydrogens is 452 g/mol. The molecule has 4 rings (SSSR count). The lowest BCUT2D eigenvalue weighted by atomic mass is 9.95. The van der Waals surface area contributed by atoms with Gasteiger partial charge in [-0.1, -0.05) is 49.2 Å². The Morgan fingerprint density at radius 1 is 0.778 bits per heavy atom. The van der Waals surface area contributed by atoms with Gasteiger partial charge in [0.05, 0.1) is 6.54 Å². The summed E-state index contributed by atoms with van der Waals surface area (Å²) in [4.78, 5) is 42.1. The first kappa shape index (κ1) is 25.9. The van der Waals surface area contributed by atoms with Crippen LogP contribution in [0.2, 0.25) is 0 Å². The molecule has 2 aliphatic heterocycles. The van der Waals surface area contributed by atoms with Gasteiger partial charge in [0.1, 0.15) is 0 Å². The highest BCUT2D eigenvalue weighted by molar-refractivity contribution is 5.95. The van der Waals surface area contributed by atoms with Crippen molar-refractivity contribution in [2.75, 3.05) is 43.4 Å². The van der Waals surface area contributed by atoms with Crippen molar-refractivity contribution in [1.82, 2.24) is 9.80 Å². The van der Waals surface area contributed by atoms with Crippen LogP contribution in [-0.2, 0) is 20.8 Å². The lowest BCUT2D eigenvalue weighted by Crippen LogP contribution is -2.41. The summed E-state index contributed by atoms with van der Waals surface area (Å²) in [6, 6.07) is 17.4. The van der Waals surface area contributed by atoms with Crippen LogP contribution in [0, 0.1) is 5.92 Å². The van der Waals surface area contributed by atoms with Crippen molar-refractivity contribution in [3.8, 4) is 0 Å². The molecule has 0 bridgehead atoms. The number of nitrogens with zero attached hydrogens (tertiary/aromatic N) is 2. The van der Waals surface area contributed by atoms with Gasteiger partial charge in [-0.3, -0.25) is 19.3 Å². The van der Waals surface area contributed by atoms with Gasteiger partial charge in [-0.15, -0.1) is 0 Å². The smallest absolute Gasteiger partial charge is 0.238 e. The number of nitrogens with one attached hydrogen (secondary N) is 2. The van der Waals surface area contributed by atoms with E-state index >= 15 is 0 Å². The van der Waals surface area contributed by atoms with E-state index in [2.05, 4.69) is 15.5 Å². The lowest BCUT2D eigenvalue weighted by molar-refractivity contribution is -0.134. The summed E-state index contributed by atoms with van der Waals surface area (Å²) in [5, 5.41) is 5.97. The van der Waals surface area contributed by atoms with E-state index < -0.39 is 0 Å². The van der Waals surface area contributed by atoms with E-state index in [1.54, 1.807) is 6.07 Å². The quantitative estimate of drug-likeness (QED) is 0.578. The zero-order valence-corrected chi connectivity index (χ0v) is 21.1. The third-order valence-corrected chi connectivity index (χ3v) is 7.17. The lowest BCUT2D eigenvalue weighted by Gasteiger charge is -2.31. The highest BCUT2D eigenvalue weighted by Gasteiger charge is 2.27. The predicted molar refractivity (Wildman–Crippen MR) is 143 cm³/mol. The van der Waals surface area contributed by atoms with Gasteiger partial charge in [0, 0.05) is 36.8 Å². The Kier molecular flexibility index (Phi) is 9.50. The Balaban J connectivity index is 1.20. The maximum atomic E-state index is 12.9. The Bertz CT molecular complexity index is 1010. The molecule has 2 fully saturated rings. The van der Waals surface area contributed by atoms with Gasteiger partial charge in [0.25, 0.3) is 0 Å². The number of carbonyl (C=O) groups excluding carboxylic acids is 3. The standard InChI is InChI=1S/C29H38N4O3/c34-27(22-32-17-6-1-2-7-18-32)30-25-11-8-12-26(21-25)31-29(36)24-15-19-33(20-16-24)28(35)14-13-23-9-4-3-5-10-23/h3-5,8-12,21,24H,1-2,6-7,13-20,22H2,(H,30,34)(H,31,36). The molecule has 0 unspecified atom stereocenters. The van der Waals surface area contributed by atoms with Crippen molar-refractivity contribution in [3.05, 3.63) is 60.2 Å². The molecular formula is C29H38N4O3. The first-order valence-corrected chi connectivity index (χ1v) is 13.3. The molecule has 7 heteroatoms. The number of anilines is 2. The molecule has 36 heavy (non-hydrogen) atoms. The second kappa shape index (κ2) is 13.2. The van der Waals surface area contributed by atoms with Crippen molar-refractivity contribution >= 4 is 29.1 Å². The molecule has 0 spiro atoms. The fourth-order valence-corrected chi connectivity index (χ4v) is 5.06. The molecule has 0 atom stereocenters. The Morgan fingerprint density at radius 2 is 1.44 bits per heavy atom. The second-order valence-electron chi connectivity index (χ2n) is 9.95. The Morgan fingerprint density at radius 3 is 2.14 bits per heavy atom. The number of carbonyl (C=O) groups is 3. The summed E-state index contributed by atoms with van der Waals surface area (Å²) in [6.45, 7) is 3.57. The molecule has 2 aliphatic rings. The highest BCUT2D eigenvalue weighted by Crippen LogP contribution is 2.22. The van der Waals surface area contributed by atoms with E-state index in [1.165, 1.54) is 18.4 Å². The van der Waals surface area contributed by atoms with Crippen molar-refractivity contribution in [1.29, 1.82) is 0 Å². The first-order valence-electron chi connectivity index (χ1n) is 13.3. The van der Waals surface area contributed by atoms with Crippen LogP contribution < -0.4 is 10.6 Å². The van der Waals surface area contributed by atoms with Crippen molar-refractivity contribution < 1.29 is 14.4 Å². The van der Waals surface area contributed by atoms with Crippen LogP contribution in [0.1, 0.15) is 50.5 Å². The minimum atomic E-state index is -0.121. The molecule has 192 valence electrons. The number of piperidine rings is 1. The van der Waals surface area contributed by atoms with E-state index in [0.717, 1.165) is 32.4 Å². The first-order chi connectivity index (χ1) is 17.6. The van der Waals surface area contributed by atoms with Crippen LogP contribution in [0.15, 0.2) is 54.6 Å². The van der Waals surface area contributed by atoms with Crippen LogP contribution in [0.5, 0.6) is 0 Å². The fourth-order valence-electron chi connectivity index (χ4n) is 5.06. The minimum Gasteiger partial charge on any atom is -0.343 e. The van der Waals surface area contributed by atoms with Gasteiger partial charge in [-0.25, -0.2) is 0 Å². The molecule has 2 N–H and O–H groups in total. The maximum Gasteiger partial charge on any atom is 0.238 e. The van der Waals surface area contributed by atoms with Gasteiger partial charge < -0.3 is 15.5 Å². The molecule has 0 saturated carbocycles. The number of aryl methyl sites for hydroxylation is 1. The van der Waals surface area contributed by atoms with E-state index in [4.69, 9.17) is 0 Å². The second-order valence-corrected chi connectivity index (χ2v) is 9.95. The third-order valence-electron chi connectivity index (χ3n) is 7.17. The van der Waals surface area contributed by atoms with E-state index in [0.29, 0.717) is 50.3 Å². The summed E-state index contributed by atoms with van der Waals surface area (Å²) < 4.78 is 0. The van der Waals surface area contributed by atoms with Crippen molar-refractivity contribution in [2.45, 2.75) is 51.4 Å². The highest BCUT2D eigenvalue weighted by atomic mass is 16.2. The van der Waals surface area contributed by atoms with Gasteiger partial charge in [0.2, 0.25) is 17.7 Å².